The zero-order valence-electron chi connectivity index (χ0n) is 19.8. The molecule has 1 aromatic carbocycles. The first-order chi connectivity index (χ1) is 16.9. The summed E-state index contributed by atoms with van der Waals surface area (Å²) in [5.41, 5.74) is 0. The third-order valence-electron chi connectivity index (χ3n) is 4.56. The van der Waals surface area contributed by atoms with Gasteiger partial charge in [-0.05, 0) is 18.2 Å². The molecule has 1 aliphatic rings. The molecule has 1 saturated heterocycles. The van der Waals surface area contributed by atoms with Crippen LogP contribution in [0.25, 0.3) is 0 Å². The first-order valence-corrected chi connectivity index (χ1v) is 11.3. The molecule has 1 aliphatic heterocycles. The average Bonchev–Trinajstić information content (AvgIpc) is 2.75. The number of carbonyl (C=O) groups excluding carboxylic acids is 5. The highest BCUT2D eigenvalue weighted by Crippen LogP contribution is 2.29. The van der Waals surface area contributed by atoms with Gasteiger partial charge in [-0.25, -0.2) is 4.79 Å². The fourth-order valence-corrected chi connectivity index (χ4v) is 3.75. The van der Waals surface area contributed by atoms with Crippen LogP contribution in [0.3, 0.4) is 0 Å². The Morgan fingerprint density at radius 1 is 0.917 bits per heavy atom. The number of benzene rings is 1. The van der Waals surface area contributed by atoms with Crippen molar-refractivity contribution in [3.63, 3.8) is 0 Å². The Hall–Kier alpha value is -3.09. The predicted octanol–water partition coefficient (Wildman–Crippen LogP) is 1.57. The van der Waals surface area contributed by atoms with E-state index in [0.717, 1.165) is 20.8 Å². The minimum absolute atomic E-state index is 0.154. The number of nitrogens with one attached hydrogen (secondary N) is 1. The van der Waals surface area contributed by atoms with Crippen molar-refractivity contribution in [2.45, 2.75) is 58.3 Å². The summed E-state index contributed by atoms with van der Waals surface area (Å²) in [5, 5.41) is 2.99. The van der Waals surface area contributed by atoms with Gasteiger partial charge in [-0.15, -0.1) is 0 Å². The van der Waals surface area contributed by atoms with Gasteiger partial charge in [0.15, 0.2) is 18.8 Å². The summed E-state index contributed by atoms with van der Waals surface area (Å²) < 4.78 is 32.0. The summed E-state index contributed by atoms with van der Waals surface area (Å²) in [5.74, 6) is -3.60. The van der Waals surface area contributed by atoms with Crippen LogP contribution in [0, 0.1) is 0 Å². The first kappa shape index (κ1) is 29.1. The van der Waals surface area contributed by atoms with Crippen molar-refractivity contribution >= 4 is 53.0 Å². The topological polar surface area (TPSA) is 153 Å². The average molecular weight is 550 g/mol. The van der Waals surface area contributed by atoms with Crippen LogP contribution in [-0.4, -0.2) is 73.6 Å². The van der Waals surface area contributed by atoms with E-state index < -0.39 is 73.6 Å². The Bertz CT molecular complexity index is 1000. The molecule has 1 heterocycles. The van der Waals surface area contributed by atoms with Crippen LogP contribution in [0.2, 0.25) is 10.0 Å². The lowest BCUT2D eigenvalue weighted by molar-refractivity contribution is -0.272. The molecule has 0 aliphatic carbocycles. The fraction of sp³-hybridized carbons (Fsp3) is 0.500. The quantitative estimate of drug-likeness (QED) is 0.352. The Labute approximate surface area is 216 Å². The van der Waals surface area contributed by atoms with Gasteiger partial charge in [0.1, 0.15) is 24.5 Å². The van der Waals surface area contributed by atoms with Crippen LogP contribution < -0.4 is 10.1 Å². The number of carbonyl (C=O) groups is 5. The van der Waals surface area contributed by atoms with Crippen molar-refractivity contribution in [3.05, 3.63) is 28.2 Å². The molecular formula is C22H25Cl2NO11. The van der Waals surface area contributed by atoms with E-state index in [1.807, 2.05) is 0 Å². The summed E-state index contributed by atoms with van der Waals surface area (Å²) in [6.45, 7) is 3.45. The van der Waals surface area contributed by atoms with E-state index in [1.165, 1.54) is 25.1 Å². The number of amides is 1. The van der Waals surface area contributed by atoms with Crippen LogP contribution >= 0.6 is 23.2 Å². The zero-order valence-corrected chi connectivity index (χ0v) is 21.3. The minimum Gasteiger partial charge on any atom is -0.480 e. The monoisotopic (exact) mass is 549 g/mol. The molecular weight excluding hydrogens is 525 g/mol. The number of esters is 4. The summed E-state index contributed by atoms with van der Waals surface area (Å²) in [4.78, 5) is 59.4. The number of halogens is 2. The van der Waals surface area contributed by atoms with Gasteiger partial charge in [-0.1, -0.05) is 23.2 Å². The van der Waals surface area contributed by atoms with Gasteiger partial charge in [0.2, 0.25) is 12.2 Å². The highest BCUT2D eigenvalue weighted by atomic mass is 35.5. The number of rotatable bonds is 9. The third kappa shape index (κ3) is 8.85. The largest absolute Gasteiger partial charge is 0.480 e. The molecule has 0 saturated carbocycles. The maximum Gasteiger partial charge on any atom is 0.346 e. The Morgan fingerprint density at radius 3 is 2.11 bits per heavy atom. The number of ether oxygens (including phenoxy) is 6. The van der Waals surface area contributed by atoms with E-state index >= 15 is 0 Å². The van der Waals surface area contributed by atoms with Crippen LogP contribution in [0.4, 0.5) is 0 Å². The maximum atomic E-state index is 12.6. The summed E-state index contributed by atoms with van der Waals surface area (Å²) >= 11 is 11.9. The van der Waals surface area contributed by atoms with E-state index in [9.17, 15) is 24.0 Å². The summed E-state index contributed by atoms with van der Waals surface area (Å²) in [6.07, 6.45) is -5.46. The Balaban J connectivity index is 2.29. The standard InChI is InChI=1S/C22H25Cl2NO11/c1-10(26)25-19-21(34-13(4)29)20(33-12(3)28)17(8-31-11(2)27)35-22(19)36-18(30)9-32-16-6-5-14(23)7-15(16)24/h5-7,17,19-22H,8-9H2,1-4H3,(H,25,26)/t17-,19+,20+,21+,22+/m1/s1. The second-order valence-corrected chi connectivity index (χ2v) is 8.42. The summed E-state index contributed by atoms with van der Waals surface area (Å²) in [6, 6.07) is 3.07. The molecule has 1 amide bonds. The lowest BCUT2D eigenvalue weighted by Gasteiger charge is -2.44. The molecule has 36 heavy (non-hydrogen) atoms. The molecule has 1 aromatic rings. The molecule has 0 aromatic heterocycles. The van der Waals surface area contributed by atoms with E-state index in [0.29, 0.717) is 5.02 Å². The number of hydrogen-bond acceptors (Lipinski definition) is 11. The second kappa shape index (κ2) is 13.3. The van der Waals surface area contributed by atoms with Crippen LogP contribution in [-0.2, 0) is 47.7 Å². The van der Waals surface area contributed by atoms with Gasteiger partial charge in [-0.2, -0.15) is 0 Å². The van der Waals surface area contributed by atoms with Crippen molar-refractivity contribution in [1.29, 1.82) is 0 Å². The van der Waals surface area contributed by atoms with Gasteiger partial charge in [0, 0.05) is 32.7 Å². The molecule has 1 fully saturated rings. The van der Waals surface area contributed by atoms with Gasteiger partial charge in [0.25, 0.3) is 0 Å². The van der Waals surface area contributed by atoms with Crippen molar-refractivity contribution in [3.8, 4) is 5.75 Å². The van der Waals surface area contributed by atoms with Gasteiger partial charge in [0.05, 0.1) is 5.02 Å². The molecule has 12 nitrogen and oxygen atoms in total. The fourth-order valence-electron chi connectivity index (χ4n) is 3.28. The van der Waals surface area contributed by atoms with Gasteiger partial charge in [-0.3, -0.25) is 19.2 Å². The normalized spacial score (nSPS) is 23.1. The molecule has 14 heteroatoms. The van der Waals surface area contributed by atoms with Gasteiger partial charge >= 0.3 is 23.9 Å². The van der Waals surface area contributed by atoms with E-state index in [2.05, 4.69) is 5.32 Å². The molecule has 198 valence electrons. The van der Waals surface area contributed by atoms with Crippen molar-refractivity contribution in [2.24, 2.45) is 0 Å². The molecule has 0 spiro atoms. The highest BCUT2D eigenvalue weighted by molar-refractivity contribution is 6.35. The van der Waals surface area contributed by atoms with Crippen LogP contribution in [0.15, 0.2) is 18.2 Å². The molecule has 0 radical (unpaired) electrons. The van der Waals surface area contributed by atoms with Crippen LogP contribution in [0.5, 0.6) is 5.75 Å². The molecule has 0 bridgehead atoms. The van der Waals surface area contributed by atoms with Crippen LogP contribution in [0.1, 0.15) is 27.7 Å². The molecule has 0 unspecified atom stereocenters. The zero-order chi connectivity index (χ0) is 27.0. The van der Waals surface area contributed by atoms with Crippen molar-refractivity contribution in [1.82, 2.24) is 5.32 Å². The number of hydrogen-bond donors (Lipinski definition) is 1. The molecule has 1 N–H and O–H groups in total. The highest BCUT2D eigenvalue weighted by Gasteiger charge is 2.52. The van der Waals surface area contributed by atoms with Gasteiger partial charge < -0.3 is 33.7 Å². The lowest BCUT2D eigenvalue weighted by atomic mass is 9.96. The minimum atomic E-state index is -1.55. The second-order valence-electron chi connectivity index (χ2n) is 7.57. The van der Waals surface area contributed by atoms with E-state index in [1.54, 1.807) is 0 Å². The maximum absolute atomic E-state index is 12.6. The third-order valence-corrected chi connectivity index (χ3v) is 5.09. The van der Waals surface area contributed by atoms with E-state index in [-0.39, 0.29) is 10.8 Å². The van der Waals surface area contributed by atoms with Crippen molar-refractivity contribution < 1.29 is 52.4 Å². The van der Waals surface area contributed by atoms with Crippen molar-refractivity contribution in [2.75, 3.05) is 13.2 Å². The Kier molecular flexibility index (Phi) is 10.8. The summed E-state index contributed by atoms with van der Waals surface area (Å²) in [7, 11) is 0. The smallest absolute Gasteiger partial charge is 0.346 e. The molecule has 2 rings (SSSR count). The first-order valence-electron chi connectivity index (χ1n) is 10.5. The predicted molar refractivity (Wildman–Crippen MR) is 122 cm³/mol. The lowest BCUT2D eigenvalue weighted by Crippen LogP contribution is -2.66. The van der Waals surface area contributed by atoms with E-state index in [4.69, 9.17) is 51.6 Å². The SMILES string of the molecule is CC(=O)N[C@@H]1[C@H](OC(=O)COc2ccc(Cl)cc2Cl)O[C@H](COC(C)=O)[C@H](OC(C)=O)[C@H]1OC(C)=O. The Morgan fingerprint density at radius 2 is 1.56 bits per heavy atom. The molecule has 5 atom stereocenters.